The molecule has 0 heterocycles. The highest BCUT2D eigenvalue weighted by molar-refractivity contribution is 5.69. The van der Waals surface area contributed by atoms with Crippen molar-refractivity contribution < 1.29 is 19.7 Å². The van der Waals surface area contributed by atoms with Gasteiger partial charge >= 0.3 is 5.97 Å². The lowest BCUT2D eigenvalue weighted by molar-refractivity contribution is -0.147. The number of hydrogen-bond donors (Lipinski definition) is 2. The number of aliphatic hydroxyl groups is 2. The molecule has 1 rings (SSSR count). The summed E-state index contributed by atoms with van der Waals surface area (Å²) in [6.07, 6.45) is 15.1. The maximum atomic E-state index is 11.4. The van der Waals surface area contributed by atoms with Crippen LogP contribution in [-0.4, -0.2) is 35.5 Å². The van der Waals surface area contributed by atoms with E-state index in [1.165, 1.54) is 64.2 Å². The Bertz CT molecular complexity index is 319. The second-order valence-electron chi connectivity index (χ2n) is 7.43. The van der Waals surface area contributed by atoms with Gasteiger partial charge in [0, 0.05) is 6.42 Å². The molecule has 0 unspecified atom stereocenters. The van der Waals surface area contributed by atoms with Gasteiger partial charge in [-0.15, -0.1) is 0 Å². The fraction of sp³-hybridized carbons (Fsp3) is 0.950. The van der Waals surface area contributed by atoms with Gasteiger partial charge in [-0.2, -0.15) is 0 Å². The Morgan fingerprint density at radius 2 is 1.58 bits per heavy atom. The van der Waals surface area contributed by atoms with Crippen molar-refractivity contribution in [3.63, 3.8) is 0 Å². The zero-order chi connectivity index (χ0) is 17.6. The molecule has 24 heavy (non-hydrogen) atoms. The lowest BCUT2D eigenvalue weighted by atomic mass is 10.0. The Morgan fingerprint density at radius 1 is 1.00 bits per heavy atom. The van der Waals surface area contributed by atoms with Gasteiger partial charge in [0.25, 0.3) is 0 Å². The molecule has 0 spiro atoms. The lowest BCUT2D eigenvalue weighted by Gasteiger charge is -2.08. The van der Waals surface area contributed by atoms with Gasteiger partial charge in [-0.3, -0.25) is 4.79 Å². The van der Waals surface area contributed by atoms with E-state index >= 15 is 0 Å². The average molecular weight is 343 g/mol. The predicted octanol–water partition coefficient (Wildman–Crippen LogP) is 4.22. The summed E-state index contributed by atoms with van der Waals surface area (Å²) in [5.41, 5.74) is 0. The van der Waals surface area contributed by atoms with Crippen LogP contribution < -0.4 is 0 Å². The van der Waals surface area contributed by atoms with Gasteiger partial charge in [0.15, 0.2) is 0 Å². The van der Waals surface area contributed by atoms with Gasteiger partial charge in [-0.1, -0.05) is 71.1 Å². The van der Waals surface area contributed by atoms with Crippen LogP contribution in [0.4, 0.5) is 0 Å². The largest absolute Gasteiger partial charge is 0.463 e. The Morgan fingerprint density at radius 3 is 2.21 bits per heavy atom. The zero-order valence-electron chi connectivity index (χ0n) is 15.5. The van der Waals surface area contributed by atoms with E-state index < -0.39 is 6.10 Å². The summed E-state index contributed by atoms with van der Waals surface area (Å²) < 4.78 is 4.87. The molecule has 0 aromatic carbocycles. The van der Waals surface area contributed by atoms with Gasteiger partial charge in [-0.25, -0.2) is 0 Å². The van der Waals surface area contributed by atoms with E-state index in [2.05, 4.69) is 6.92 Å². The molecule has 4 nitrogen and oxygen atoms in total. The topological polar surface area (TPSA) is 66.8 Å². The fourth-order valence-corrected chi connectivity index (χ4v) is 3.37. The highest BCUT2D eigenvalue weighted by Crippen LogP contribution is 2.45. The van der Waals surface area contributed by atoms with Crippen LogP contribution in [-0.2, 0) is 9.53 Å². The number of carbonyl (C=O) groups excluding carboxylic acids is 1. The van der Waals surface area contributed by atoms with Gasteiger partial charge in [-0.05, 0) is 24.7 Å². The van der Waals surface area contributed by atoms with Crippen LogP contribution in [0.15, 0.2) is 0 Å². The molecule has 0 radical (unpaired) electrons. The van der Waals surface area contributed by atoms with E-state index in [1.54, 1.807) is 0 Å². The fourth-order valence-electron chi connectivity index (χ4n) is 3.37. The van der Waals surface area contributed by atoms with Crippen molar-refractivity contribution in [3.05, 3.63) is 0 Å². The van der Waals surface area contributed by atoms with Gasteiger partial charge in [0.05, 0.1) is 6.61 Å². The molecular weight excluding hydrogens is 304 g/mol. The van der Waals surface area contributed by atoms with E-state index in [0.717, 1.165) is 24.7 Å². The minimum Gasteiger partial charge on any atom is -0.463 e. The molecule has 2 N–H and O–H groups in total. The number of hydrogen-bond acceptors (Lipinski definition) is 4. The van der Waals surface area contributed by atoms with Gasteiger partial charge in [0.2, 0.25) is 0 Å². The van der Waals surface area contributed by atoms with Crippen molar-refractivity contribution in [2.75, 3.05) is 13.2 Å². The molecule has 1 aliphatic carbocycles. The number of esters is 1. The van der Waals surface area contributed by atoms with Crippen molar-refractivity contribution in [2.45, 2.75) is 96.5 Å². The molecule has 0 saturated heterocycles. The van der Waals surface area contributed by atoms with E-state index in [1.807, 2.05) is 0 Å². The number of carbonyl (C=O) groups is 1. The van der Waals surface area contributed by atoms with Gasteiger partial charge < -0.3 is 14.9 Å². The predicted molar refractivity (Wildman–Crippen MR) is 96.7 cm³/mol. The number of aliphatic hydroxyl groups excluding tert-OH is 2. The normalized spacial score (nSPS) is 20.8. The standard InChI is InChI=1S/C20H38O4/c1-2-3-4-8-11-17-14-18(17)12-9-6-5-7-10-13-20(23)24-16-19(22)15-21/h17-19,21-22H,2-16H2,1H3/t17-,18+,19-/m1/s1. The van der Waals surface area contributed by atoms with Crippen LogP contribution in [0.1, 0.15) is 90.4 Å². The molecule has 1 aliphatic rings. The Kier molecular flexibility index (Phi) is 12.2. The minimum absolute atomic E-state index is 0.101. The first-order valence-corrected chi connectivity index (χ1v) is 10.1. The molecule has 1 fully saturated rings. The van der Waals surface area contributed by atoms with Crippen LogP contribution >= 0.6 is 0 Å². The van der Waals surface area contributed by atoms with E-state index in [0.29, 0.717) is 6.42 Å². The van der Waals surface area contributed by atoms with Crippen molar-refractivity contribution in [1.29, 1.82) is 0 Å². The number of ether oxygens (including phenoxy) is 1. The summed E-state index contributed by atoms with van der Waals surface area (Å²) in [7, 11) is 0. The van der Waals surface area contributed by atoms with Crippen molar-refractivity contribution in [2.24, 2.45) is 11.8 Å². The third-order valence-electron chi connectivity index (χ3n) is 5.10. The number of rotatable bonds is 16. The average Bonchev–Trinajstić information content (AvgIpc) is 3.34. The first-order valence-electron chi connectivity index (χ1n) is 10.1. The Balaban J connectivity index is 1.81. The lowest BCUT2D eigenvalue weighted by Crippen LogP contribution is -2.21. The first kappa shape index (κ1) is 21.4. The second-order valence-corrected chi connectivity index (χ2v) is 7.43. The van der Waals surface area contributed by atoms with Crippen molar-refractivity contribution in [1.82, 2.24) is 0 Å². The molecule has 1 saturated carbocycles. The molecular formula is C20H38O4. The molecule has 0 aliphatic heterocycles. The summed E-state index contributed by atoms with van der Waals surface area (Å²) in [5, 5.41) is 17.7. The molecule has 4 heteroatoms. The van der Waals surface area contributed by atoms with Crippen LogP contribution in [0, 0.1) is 11.8 Å². The summed E-state index contributed by atoms with van der Waals surface area (Å²) in [5.74, 6) is 1.77. The molecule has 3 atom stereocenters. The van der Waals surface area contributed by atoms with Crippen molar-refractivity contribution in [3.8, 4) is 0 Å². The summed E-state index contributed by atoms with van der Waals surface area (Å²) >= 11 is 0. The smallest absolute Gasteiger partial charge is 0.305 e. The molecule has 0 amide bonds. The first-order chi connectivity index (χ1) is 11.7. The van der Waals surface area contributed by atoms with Crippen LogP contribution in [0.3, 0.4) is 0 Å². The maximum absolute atomic E-state index is 11.4. The zero-order valence-corrected chi connectivity index (χ0v) is 15.5. The van der Waals surface area contributed by atoms with Crippen molar-refractivity contribution >= 4 is 5.97 Å². The molecule has 0 aromatic rings. The van der Waals surface area contributed by atoms with E-state index in [4.69, 9.17) is 14.9 Å². The van der Waals surface area contributed by atoms with E-state index in [-0.39, 0.29) is 19.2 Å². The number of unbranched alkanes of at least 4 members (excludes halogenated alkanes) is 7. The molecule has 0 bridgehead atoms. The van der Waals surface area contributed by atoms with Gasteiger partial charge in [0.1, 0.15) is 12.7 Å². The van der Waals surface area contributed by atoms with Crippen LogP contribution in [0.2, 0.25) is 0 Å². The van der Waals surface area contributed by atoms with Crippen LogP contribution in [0.25, 0.3) is 0 Å². The quantitative estimate of drug-likeness (QED) is 0.325. The monoisotopic (exact) mass is 342 g/mol. The summed E-state index contributed by atoms with van der Waals surface area (Å²) in [6.45, 7) is 1.80. The highest BCUT2D eigenvalue weighted by Gasteiger charge is 2.34. The third kappa shape index (κ3) is 11.0. The summed E-state index contributed by atoms with van der Waals surface area (Å²) in [4.78, 5) is 11.4. The Labute approximate surface area is 148 Å². The summed E-state index contributed by atoms with van der Waals surface area (Å²) in [6, 6.07) is 0. The second kappa shape index (κ2) is 13.7. The van der Waals surface area contributed by atoms with E-state index in [9.17, 15) is 4.79 Å². The third-order valence-corrected chi connectivity index (χ3v) is 5.10. The SMILES string of the molecule is CCCCCC[C@@H]1C[C@@H]1CCCCCCCC(=O)OC[C@H](O)CO. The minimum atomic E-state index is -0.952. The maximum Gasteiger partial charge on any atom is 0.305 e. The molecule has 0 aromatic heterocycles. The highest BCUT2D eigenvalue weighted by atomic mass is 16.5. The van der Waals surface area contributed by atoms with Crippen LogP contribution in [0.5, 0.6) is 0 Å². The molecule has 142 valence electrons. The Hall–Kier alpha value is -0.610.